The van der Waals surface area contributed by atoms with Crippen molar-refractivity contribution in [3.63, 3.8) is 0 Å². The van der Waals surface area contributed by atoms with Crippen molar-refractivity contribution in [3.05, 3.63) is 24.0 Å². The molecule has 0 aliphatic rings. The number of rotatable bonds is 6. The van der Waals surface area contributed by atoms with Crippen LogP contribution in [0.3, 0.4) is 0 Å². The number of nitrogens with one attached hydrogen (secondary N) is 2. The SMILES string of the molecule is CCC(O)CCNC(=O)Nc1cc(F)cc(OC)c1. The summed E-state index contributed by atoms with van der Waals surface area (Å²) < 4.78 is 18.1. The number of hydrogen-bond donors (Lipinski definition) is 3. The summed E-state index contributed by atoms with van der Waals surface area (Å²) in [6.07, 6.45) is 0.704. The van der Waals surface area contributed by atoms with Gasteiger partial charge in [-0.05, 0) is 18.9 Å². The second kappa shape index (κ2) is 7.58. The molecule has 5 nitrogen and oxygen atoms in total. The first kappa shape index (κ1) is 15.2. The zero-order chi connectivity index (χ0) is 14.3. The van der Waals surface area contributed by atoms with E-state index in [1.165, 1.54) is 25.3 Å². The van der Waals surface area contributed by atoms with Gasteiger partial charge in [-0.25, -0.2) is 9.18 Å². The van der Waals surface area contributed by atoms with E-state index in [-0.39, 0.29) is 0 Å². The van der Waals surface area contributed by atoms with Gasteiger partial charge < -0.3 is 20.5 Å². The molecule has 0 saturated heterocycles. The van der Waals surface area contributed by atoms with Gasteiger partial charge >= 0.3 is 6.03 Å². The average Bonchev–Trinajstić information content (AvgIpc) is 2.37. The molecule has 1 aromatic carbocycles. The molecule has 106 valence electrons. The maximum Gasteiger partial charge on any atom is 0.319 e. The van der Waals surface area contributed by atoms with Gasteiger partial charge in [-0.3, -0.25) is 0 Å². The largest absolute Gasteiger partial charge is 0.497 e. The van der Waals surface area contributed by atoms with Crippen LogP contribution >= 0.6 is 0 Å². The van der Waals surface area contributed by atoms with Crippen molar-refractivity contribution >= 4 is 11.7 Å². The fraction of sp³-hybridized carbons (Fsp3) is 0.462. The minimum Gasteiger partial charge on any atom is -0.497 e. The minimum atomic E-state index is -0.490. The first-order chi connectivity index (χ1) is 9.05. The first-order valence-electron chi connectivity index (χ1n) is 6.12. The predicted octanol–water partition coefficient (Wildman–Crippen LogP) is 2.12. The number of halogens is 1. The highest BCUT2D eigenvalue weighted by Gasteiger charge is 2.06. The van der Waals surface area contributed by atoms with Gasteiger partial charge in [0.15, 0.2) is 0 Å². The molecule has 19 heavy (non-hydrogen) atoms. The van der Waals surface area contributed by atoms with Gasteiger partial charge in [-0.2, -0.15) is 0 Å². The third-order valence-electron chi connectivity index (χ3n) is 2.60. The first-order valence-corrected chi connectivity index (χ1v) is 6.12. The number of urea groups is 1. The number of carbonyl (C=O) groups is 1. The molecule has 0 bridgehead atoms. The molecular weight excluding hydrogens is 251 g/mol. The molecule has 1 unspecified atom stereocenters. The molecular formula is C13H19FN2O3. The molecule has 0 spiro atoms. The Balaban J connectivity index is 2.46. The molecule has 0 fully saturated rings. The highest BCUT2D eigenvalue weighted by atomic mass is 19.1. The van der Waals surface area contributed by atoms with Crippen molar-refractivity contribution in [3.8, 4) is 5.75 Å². The molecule has 0 saturated carbocycles. The van der Waals surface area contributed by atoms with Crippen LogP contribution in [0.1, 0.15) is 19.8 Å². The average molecular weight is 270 g/mol. The Morgan fingerprint density at radius 3 is 2.84 bits per heavy atom. The standard InChI is InChI=1S/C13H19FN2O3/c1-3-11(17)4-5-15-13(18)16-10-6-9(14)7-12(8-10)19-2/h6-8,11,17H,3-5H2,1-2H3,(H2,15,16,18). The molecule has 3 N–H and O–H groups in total. The number of ether oxygens (including phenoxy) is 1. The number of anilines is 1. The third kappa shape index (κ3) is 5.56. The molecule has 0 heterocycles. The summed E-state index contributed by atoms with van der Waals surface area (Å²) in [5.41, 5.74) is 0.311. The Hall–Kier alpha value is -1.82. The van der Waals surface area contributed by atoms with Crippen molar-refractivity contribution in [1.82, 2.24) is 5.32 Å². The van der Waals surface area contributed by atoms with Gasteiger partial charge in [-0.1, -0.05) is 6.92 Å². The second-order valence-corrected chi connectivity index (χ2v) is 4.11. The van der Waals surface area contributed by atoms with Crippen LogP contribution < -0.4 is 15.4 Å². The van der Waals surface area contributed by atoms with E-state index in [1.807, 2.05) is 6.92 Å². The van der Waals surface area contributed by atoms with Gasteiger partial charge in [0.1, 0.15) is 11.6 Å². The summed E-state index contributed by atoms with van der Waals surface area (Å²) in [4.78, 5) is 11.5. The number of aliphatic hydroxyl groups excluding tert-OH is 1. The molecule has 0 aliphatic heterocycles. The van der Waals surface area contributed by atoms with Crippen molar-refractivity contribution in [2.24, 2.45) is 0 Å². The number of benzene rings is 1. The molecule has 1 aromatic rings. The fourth-order valence-electron chi connectivity index (χ4n) is 1.48. The molecule has 6 heteroatoms. The van der Waals surface area contributed by atoms with Crippen molar-refractivity contribution in [2.75, 3.05) is 19.0 Å². The Morgan fingerprint density at radius 1 is 1.47 bits per heavy atom. The minimum absolute atomic E-state index is 0.311. The zero-order valence-corrected chi connectivity index (χ0v) is 11.1. The normalized spacial score (nSPS) is 11.8. The summed E-state index contributed by atoms with van der Waals surface area (Å²) in [6.45, 7) is 2.22. The number of aliphatic hydroxyl groups is 1. The van der Waals surface area contributed by atoms with E-state index in [1.54, 1.807) is 0 Å². The Labute approximate surface area is 111 Å². The monoisotopic (exact) mass is 270 g/mol. The van der Waals surface area contributed by atoms with E-state index in [9.17, 15) is 14.3 Å². The van der Waals surface area contributed by atoms with Crippen LogP contribution in [0.25, 0.3) is 0 Å². The molecule has 0 radical (unpaired) electrons. The van der Waals surface area contributed by atoms with Gasteiger partial charge in [0.2, 0.25) is 0 Å². The van der Waals surface area contributed by atoms with Crippen LogP contribution in [0.4, 0.5) is 14.9 Å². The van der Waals surface area contributed by atoms with Crippen molar-refractivity contribution in [2.45, 2.75) is 25.9 Å². The second-order valence-electron chi connectivity index (χ2n) is 4.11. The molecule has 1 rings (SSSR count). The van der Waals surface area contributed by atoms with Crippen LogP contribution in [0.5, 0.6) is 5.75 Å². The summed E-state index contributed by atoms with van der Waals surface area (Å²) in [5.74, 6) is -0.159. The quantitative estimate of drug-likeness (QED) is 0.741. The number of methoxy groups -OCH3 is 1. The number of hydrogen-bond acceptors (Lipinski definition) is 3. The highest BCUT2D eigenvalue weighted by molar-refractivity contribution is 5.89. The lowest BCUT2D eigenvalue weighted by atomic mass is 10.2. The summed E-state index contributed by atoms with van der Waals surface area (Å²) in [7, 11) is 1.42. The van der Waals surface area contributed by atoms with E-state index in [0.717, 1.165) is 0 Å². The van der Waals surface area contributed by atoms with Gasteiger partial charge in [0.05, 0.1) is 13.2 Å². The number of carbonyl (C=O) groups excluding carboxylic acids is 1. The van der Waals surface area contributed by atoms with E-state index < -0.39 is 18.0 Å². The van der Waals surface area contributed by atoms with Crippen molar-refractivity contribution in [1.29, 1.82) is 0 Å². The van der Waals surface area contributed by atoms with E-state index in [0.29, 0.717) is 30.8 Å². The van der Waals surface area contributed by atoms with E-state index in [2.05, 4.69) is 10.6 Å². The zero-order valence-electron chi connectivity index (χ0n) is 11.1. The van der Waals surface area contributed by atoms with Crippen LogP contribution in [-0.4, -0.2) is 30.9 Å². The lowest BCUT2D eigenvalue weighted by Gasteiger charge is -2.10. The Morgan fingerprint density at radius 2 is 2.21 bits per heavy atom. The van der Waals surface area contributed by atoms with E-state index >= 15 is 0 Å². The van der Waals surface area contributed by atoms with Crippen LogP contribution in [-0.2, 0) is 0 Å². The maximum atomic E-state index is 13.2. The van der Waals surface area contributed by atoms with Gasteiger partial charge in [0.25, 0.3) is 0 Å². The molecule has 0 aromatic heterocycles. The summed E-state index contributed by atoms with van der Waals surface area (Å²) in [5, 5.41) is 14.4. The third-order valence-corrected chi connectivity index (χ3v) is 2.60. The predicted molar refractivity (Wildman–Crippen MR) is 70.9 cm³/mol. The lowest BCUT2D eigenvalue weighted by Crippen LogP contribution is -2.31. The Bertz CT molecular complexity index is 426. The van der Waals surface area contributed by atoms with Gasteiger partial charge in [-0.15, -0.1) is 0 Å². The number of amides is 2. The van der Waals surface area contributed by atoms with E-state index in [4.69, 9.17) is 4.74 Å². The summed E-state index contributed by atoms with van der Waals surface area (Å²) >= 11 is 0. The Kier molecular flexibility index (Phi) is 6.08. The van der Waals surface area contributed by atoms with Crippen LogP contribution in [0.2, 0.25) is 0 Å². The fourth-order valence-corrected chi connectivity index (χ4v) is 1.48. The van der Waals surface area contributed by atoms with Gasteiger partial charge in [0, 0.05) is 24.4 Å². The smallest absolute Gasteiger partial charge is 0.319 e. The lowest BCUT2D eigenvalue weighted by molar-refractivity contribution is 0.160. The molecule has 1 atom stereocenters. The topological polar surface area (TPSA) is 70.6 Å². The van der Waals surface area contributed by atoms with Crippen LogP contribution in [0, 0.1) is 5.82 Å². The van der Waals surface area contributed by atoms with Crippen molar-refractivity contribution < 1.29 is 19.0 Å². The van der Waals surface area contributed by atoms with Crippen LogP contribution in [0.15, 0.2) is 18.2 Å². The molecule has 2 amide bonds. The highest BCUT2D eigenvalue weighted by Crippen LogP contribution is 2.19. The summed E-state index contributed by atoms with van der Waals surface area (Å²) in [6, 6.07) is 3.49. The maximum absolute atomic E-state index is 13.2. The molecule has 0 aliphatic carbocycles.